The summed E-state index contributed by atoms with van der Waals surface area (Å²) >= 11 is 0. The zero-order valence-electron chi connectivity index (χ0n) is 11.2. The standard InChI is InChI=1S/C13H19N3O3/c1-3-6-19-12-5-4-10(7-11(12)9-18-2)8-15-16-13(14)17/h4-5,7-8H,3,6,9H2,1-2H3,(H3,14,16,17). The molecule has 0 saturated heterocycles. The molecule has 0 bridgehead atoms. The third-order valence-corrected chi connectivity index (χ3v) is 2.23. The highest BCUT2D eigenvalue weighted by Gasteiger charge is 2.04. The van der Waals surface area contributed by atoms with Gasteiger partial charge >= 0.3 is 6.03 Å². The number of hydrogen-bond acceptors (Lipinski definition) is 4. The molecule has 0 atom stereocenters. The second-order valence-corrected chi connectivity index (χ2v) is 3.88. The molecule has 0 unspecified atom stereocenters. The van der Waals surface area contributed by atoms with Crippen LogP contribution in [0.1, 0.15) is 24.5 Å². The van der Waals surface area contributed by atoms with E-state index < -0.39 is 6.03 Å². The number of methoxy groups -OCH3 is 1. The molecule has 2 amide bonds. The average Bonchev–Trinajstić information content (AvgIpc) is 2.38. The van der Waals surface area contributed by atoms with Crippen LogP contribution in [0.3, 0.4) is 0 Å². The quantitative estimate of drug-likeness (QED) is 0.580. The highest BCUT2D eigenvalue weighted by atomic mass is 16.5. The van der Waals surface area contributed by atoms with Crippen LogP contribution in [-0.2, 0) is 11.3 Å². The van der Waals surface area contributed by atoms with Gasteiger partial charge in [0.1, 0.15) is 5.75 Å². The van der Waals surface area contributed by atoms with Gasteiger partial charge in [-0.2, -0.15) is 5.10 Å². The van der Waals surface area contributed by atoms with Gasteiger partial charge in [0, 0.05) is 12.7 Å². The van der Waals surface area contributed by atoms with Gasteiger partial charge in [0.05, 0.1) is 19.4 Å². The molecule has 0 aliphatic rings. The summed E-state index contributed by atoms with van der Waals surface area (Å²) < 4.78 is 10.8. The number of nitrogens with zero attached hydrogens (tertiary/aromatic N) is 1. The fourth-order valence-electron chi connectivity index (χ4n) is 1.47. The molecule has 1 aromatic rings. The molecule has 1 aromatic carbocycles. The van der Waals surface area contributed by atoms with Crippen molar-refractivity contribution in [3.05, 3.63) is 29.3 Å². The van der Waals surface area contributed by atoms with Crippen LogP contribution in [0, 0.1) is 0 Å². The van der Waals surface area contributed by atoms with Crippen molar-refractivity contribution in [3.8, 4) is 5.75 Å². The molecule has 6 nitrogen and oxygen atoms in total. The monoisotopic (exact) mass is 265 g/mol. The molecule has 0 aliphatic heterocycles. The second kappa shape index (κ2) is 8.10. The molecule has 0 radical (unpaired) electrons. The van der Waals surface area contributed by atoms with Crippen LogP contribution in [0.2, 0.25) is 0 Å². The zero-order chi connectivity index (χ0) is 14.1. The first-order chi connectivity index (χ1) is 9.17. The SMILES string of the molecule is CCCOc1ccc(C=NNC(N)=O)cc1COC. The fourth-order valence-corrected chi connectivity index (χ4v) is 1.47. The molecular weight excluding hydrogens is 246 g/mol. The lowest BCUT2D eigenvalue weighted by Crippen LogP contribution is -2.24. The Morgan fingerprint density at radius 2 is 2.32 bits per heavy atom. The number of primary amides is 1. The Hall–Kier alpha value is -2.08. The first kappa shape index (κ1) is 15.0. The Labute approximate surface area is 112 Å². The first-order valence-electron chi connectivity index (χ1n) is 6.00. The van der Waals surface area contributed by atoms with Crippen molar-refractivity contribution in [1.29, 1.82) is 0 Å². The van der Waals surface area contributed by atoms with Gasteiger partial charge in [0.2, 0.25) is 0 Å². The zero-order valence-corrected chi connectivity index (χ0v) is 11.2. The summed E-state index contributed by atoms with van der Waals surface area (Å²) in [6.45, 7) is 3.16. The van der Waals surface area contributed by atoms with Crippen LogP contribution in [0.5, 0.6) is 5.75 Å². The topological polar surface area (TPSA) is 85.9 Å². The minimum atomic E-state index is -0.698. The Kier molecular flexibility index (Phi) is 6.38. The Balaban J connectivity index is 2.82. The molecule has 6 heteroatoms. The maximum absolute atomic E-state index is 10.5. The lowest BCUT2D eigenvalue weighted by molar-refractivity contribution is 0.179. The summed E-state index contributed by atoms with van der Waals surface area (Å²) in [4.78, 5) is 10.5. The van der Waals surface area contributed by atoms with E-state index in [1.807, 2.05) is 25.1 Å². The van der Waals surface area contributed by atoms with Gasteiger partial charge in [-0.25, -0.2) is 10.2 Å². The number of urea groups is 1. The van der Waals surface area contributed by atoms with E-state index in [0.717, 1.165) is 23.3 Å². The fraction of sp³-hybridized carbons (Fsp3) is 0.385. The molecule has 0 fully saturated rings. The molecule has 3 N–H and O–H groups in total. The van der Waals surface area contributed by atoms with Gasteiger partial charge < -0.3 is 15.2 Å². The molecule has 1 rings (SSSR count). The minimum Gasteiger partial charge on any atom is -0.493 e. The number of hydrogen-bond donors (Lipinski definition) is 2. The number of carbonyl (C=O) groups is 1. The van der Waals surface area contributed by atoms with Crippen LogP contribution < -0.4 is 15.9 Å². The van der Waals surface area contributed by atoms with Gasteiger partial charge in [-0.1, -0.05) is 6.92 Å². The minimum absolute atomic E-state index is 0.448. The van der Waals surface area contributed by atoms with Crippen molar-refractivity contribution < 1.29 is 14.3 Å². The van der Waals surface area contributed by atoms with E-state index >= 15 is 0 Å². The van der Waals surface area contributed by atoms with E-state index in [4.69, 9.17) is 15.2 Å². The summed E-state index contributed by atoms with van der Waals surface area (Å²) in [6.07, 6.45) is 2.45. The van der Waals surface area contributed by atoms with E-state index in [0.29, 0.717) is 13.2 Å². The number of hydrazone groups is 1. The Morgan fingerprint density at radius 3 is 2.95 bits per heavy atom. The van der Waals surface area contributed by atoms with Crippen LogP contribution in [0.25, 0.3) is 0 Å². The third kappa shape index (κ3) is 5.39. The van der Waals surface area contributed by atoms with Crippen molar-refractivity contribution in [2.45, 2.75) is 20.0 Å². The van der Waals surface area contributed by atoms with E-state index in [2.05, 4.69) is 10.5 Å². The number of rotatable bonds is 7. The van der Waals surface area contributed by atoms with E-state index in [-0.39, 0.29) is 0 Å². The molecule has 0 aliphatic carbocycles. The summed E-state index contributed by atoms with van der Waals surface area (Å²) in [5.41, 5.74) is 8.80. The maximum atomic E-state index is 10.5. The Morgan fingerprint density at radius 1 is 1.53 bits per heavy atom. The van der Waals surface area contributed by atoms with Crippen molar-refractivity contribution in [3.63, 3.8) is 0 Å². The highest BCUT2D eigenvalue weighted by molar-refractivity contribution is 5.82. The van der Waals surface area contributed by atoms with Crippen LogP contribution in [0.15, 0.2) is 23.3 Å². The average molecular weight is 265 g/mol. The number of benzene rings is 1. The predicted octanol–water partition coefficient (Wildman–Crippen LogP) is 1.62. The first-order valence-corrected chi connectivity index (χ1v) is 6.00. The molecule has 104 valence electrons. The lowest BCUT2D eigenvalue weighted by atomic mass is 10.1. The largest absolute Gasteiger partial charge is 0.493 e. The van der Waals surface area contributed by atoms with E-state index in [1.165, 1.54) is 6.21 Å². The lowest BCUT2D eigenvalue weighted by Gasteiger charge is -2.11. The van der Waals surface area contributed by atoms with E-state index in [9.17, 15) is 4.79 Å². The van der Waals surface area contributed by atoms with Crippen LogP contribution in [-0.4, -0.2) is 26.0 Å². The second-order valence-electron chi connectivity index (χ2n) is 3.88. The number of nitrogens with one attached hydrogen (secondary N) is 1. The van der Waals surface area contributed by atoms with Crippen molar-refractivity contribution >= 4 is 12.2 Å². The molecule has 0 saturated carbocycles. The number of nitrogens with two attached hydrogens (primary N) is 1. The van der Waals surface area contributed by atoms with Gasteiger partial charge in [-0.05, 0) is 30.2 Å². The van der Waals surface area contributed by atoms with Gasteiger partial charge in [0.15, 0.2) is 0 Å². The van der Waals surface area contributed by atoms with E-state index in [1.54, 1.807) is 7.11 Å². The normalized spacial score (nSPS) is 10.6. The van der Waals surface area contributed by atoms with Gasteiger partial charge in [-0.15, -0.1) is 0 Å². The molecule has 19 heavy (non-hydrogen) atoms. The van der Waals surface area contributed by atoms with Gasteiger partial charge in [-0.3, -0.25) is 0 Å². The molecule has 0 aromatic heterocycles. The van der Waals surface area contributed by atoms with Crippen molar-refractivity contribution in [2.24, 2.45) is 10.8 Å². The summed E-state index contributed by atoms with van der Waals surface area (Å²) in [7, 11) is 1.62. The summed E-state index contributed by atoms with van der Waals surface area (Å²) in [5.74, 6) is 0.795. The van der Waals surface area contributed by atoms with Crippen LogP contribution >= 0.6 is 0 Å². The number of ether oxygens (including phenoxy) is 2. The Bertz CT molecular complexity index is 447. The highest BCUT2D eigenvalue weighted by Crippen LogP contribution is 2.20. The smallest absolute Gasteiger partial charge is 0.332 e. The number of amides is 2. The predicted molar refractivity (Wildman–Crippen MR) is 73.3 cm³/mol. The van der Waals surface area contributed by atoms with Crippen LogP contribution in [0.4, 0.5) is 4.79 Å². The summed E-state index contributed by atoms with van der Waals surface area (Å²) in [6, 6.07) is 4.89. The summed E-state index contributed by atoms with van der Waals surface area (Å²) in [5, 5.41) is 3.70. The molecule has 0 heterocycles. The van der Waals surface area contributed by atoms with Gasteiger partial charge in [0.25, 0.3) is 0 Å². The number of carbonyl (C=O) groups excluding carboxylic acids is 1. The molecular formula is C13H19N3O3. The van der Waals surface area contributed by atoms with Crippen molar-refractivity contribution in [2.75, 3.05) is 13.7 Å². The maximum Gasteiger partial charge on any atom is 0.332 e. The third-order valence-electron chi connectivity index (χ3n) is 2.23. The van der Waals surface area contributed by atoms with Crippen molar-refractivity contribution in [1.82, 2.24) is 5.43 Å². The molecule has 0 spiro atoms.